The fourth-order valence-electron chi connectivity index (χ4n) is 1.98. The topological polar surface area (TPSA) is 49.4 Å². The van der Waals surface area contributed by atoms with E-state index in [4.69, 9.17) is 11.6 Å². The van der Waals surface area contributed by atoms with Crippen LogP contribution in [0.25, 0.3) is 0 Å². The molecule has 1 saturated heterocycles. The molecule has 1 heterocycles. The molecule has 0 unspecified atom stereocenters. The Bertz CT molecular complexity index is 583. The third-order valence-corrected chi connectivity index (χ3v) is 3.37. The molecule has 0 bridgehead atoms. The van der Waals surface area contributed by atoms with Gasteiger partial charge in [0.2, 0.25) is 5.91 Å². The largest absolute Gasteiger partial charge is 0.416 e. The Morgan fingerprint density at radius 1 is 1.29 bits per heavy atom. The van der Waals surface area contributed by atoms with Crippen LogP contribution in [0.15, 0.2) is 18.2 Å². The van der Waals surface area contributed by atoms with Crippen LogP contribution in [0.1, 0.15) is 22.8 Å². The molecule has 1 aliphatic rings. The molecule has 0 spiro atoms. The molecule has 1 aromatic rings. The van der Waals surface area contributed by atoms with Crippen LogP contribution in [-0.4, -0.2) is 35.8 Å². The van der Waals surface area contributed by atoms with Crippen LogP contribution >= 0.6 is 11.6 Å². The first-order valence-corrected chi connectivity index (χ1v) is 6.49. The summed E-state index contributed by atoms with van der Waals surface area (Å²) >= 11 is 5.62. The summed E-state index contributed by atoms with van der Waals surface area (Å²) in [6.07, 6.45) is -4.57. The van der Waals surface area contributed by atoms with Crippen molar-refractivity contribution in [2.45, 2.75) is 19.1 Å². The van der Waals surface area contributed by atoms with Gasteiger partial charge in [0.15, 0.2) is 0 Å². The minimum absolute atomic E-state index is 0.109. The second kappa shape index (κ2) is 5.55. The van der Waals surface area contributed by atoms with Gasteiger partial charge in [0.1, 0.15) is 0 Å². The number of nitrogens with zero attached hydrogens (tertiary/aromatic N) is 1. The first-order valence-electron chi connectivity index (χ1n) is 6.11. The van der Waals surface area contributed by atoms with Gasteiger partial charge in [0.05, 0.1) is 11.6 Å². The highest BCUT2D eigenvalue weighted by Crippen LogP contribution is 2.31. The molecular weight excluding hydrogens is 309 g/mol. The van der Waals surface area contributed by atoms with E-state index in [-0.39, 0.29) is 22.5 Å². The summed E-state index contributed by atoms with van der Waals surface area (Å²) in [5, 5.41) is 2.41. The zero-order chi connectivity index (χ0) is 15.8. The van der Waals surface area contributed by atoms with E-state index in [0.717, 1.165) is 12.1 Å². The van der Waals surface area contributed by atoms with E-state index >= 15 is 0 Å². The average Bonchev–Trinajstić information content (AvgIpc) is 2.30. The molecule has 21 heavy (non-hydrogen) atoms. The van der Waals surface area contributed by atoms with Gasteiger partial charge in [0, 0.05) is 30.6 Å². The number of carbonyl (C=O) groups excluding carboxylic acids is 2. The van der Waals surface area contributed by atoms with Crippen LogP contribution in [0.3, 0.4) is 0 Å². The fraction of sp³-hybridized carbons (Fsp3) is 0.385. The van der Waals surface area contributed by atoms with Crippen LogP contribution in [-0.2, 0) is 11.0 Å². The molecule has 4 nitrogen and oxygen atoms in total. The monoisotopic (exact) mass is 320 g/mol. The van der Waals surface area contributed by atoms with Gasteiger partial charge in [-0.25, -0.2) is 0 Å². The Kier molecular flexibility index (Phi) is 4.13. The maximum absolute atomic E-state index is 12.7. The van der Waals surface area contributed by atoms with Crippen LogP contribution in [0.2, 0.25) is 5.02 Å². The van der Waals surface area contributed by atoms with Gasteiger partial charge in [-0.05, 0) is 18.2 Å². The van der Waals surface area contributed by atoms with Crippen molar-refractivity contribution in [1.82, 2.24) is 10.2 Å². The molecule has 0 saturated carbocycles. The summed E-state index contributed by atoms with van der Waals surface area (Å²) in [6, 6.07) is 2.43. The van der Waals surface area contributed by atoms with E-state index in [1.807, 2.05) is 0 Å². The molecule has 2 amide bonds. The lowest BCUT2D eigenvalue weighted by Crippen LogP contribution is -2.60. The van der Waals surface area contributed by atoms with Gasteiger partial charge < -0.3 is 10.2 Å². The number of hydrogen-bond donors (Lipinski definition) is 1. The van der Waals surface area contributed by atoms with E-state index in [1.165, 1.54) is 17.9 Å². The molecule has 0 radical (unpaired) electrons. The lowest BCUT2D eigenvalue weighted by molar-refractivity contribution is -0.137. The van der Waals surface area contributed by atoms with Crippen molar-refractivity contribution in [2.75, 3.05) is 13.1 Å². The van der Waals surface area contributed by atoms with E-state index in [0.29, 0.717) is 13.1 Å². The van der Waals surface area contributed by atoms with E-state index in [9.17, 15) is 22.8 Å². The standard InChI is InChI=1S/C13H12ClF3N2O2/c1-7(20)19-5-11(6-19)18-12(21)8-2-9(13(15,16)17)4-10(14)3-8/h2-4,11H,5-6H2,1H3,(H,18,21). The molecule has 1 N–H and O–H groups in total. The molecule has 1 aromatic carbocycles. The van der Waals surface area contributed by atoms with Crippen LogP contribution in [0.4, 0.5) is 13.2 Å². The van der Waals surface area contributed by atoms with E-state index < -0.39 is 17.6 Å². The lowest BCUT2D eigenvalue weighted by atomic mass is 10.1. The van der Waals surface area contributed by atoms with E-state index in [1.54, 1.807) is 0 Å². The first-order chi connectivity index (χ1) is 9.66. The molecule has 0 aromatic heterocycles. The van der Waals surface area contributed by atoms with Crippen molar-refractivity contribution < 1.29 is 22.8 Å². The Hall–Kier alpha value is -1.76. The second-order valence-electron chi connectivity index (χ2n) is 4.82. The Morgan fingerprint density at radius 2 is 1.90 bits per heavy atom. The Morgan fingerprint density at radius 3 is 2.43 bits per heavy atom. The zero-order valence-electron chi connectivity index (χ0n) is 11.0. The lowest BCUT2D eigenvalue weighted by Gasteiger charge is -2.38. The minimum atomic E-state index is -4.57. The third-order valence-electron chi connectivity index (χ3n) is 3.15. The van der Waals surface area contributed by atoms with Crippen molar-refractivity contribution in [1.29, 1.82) is 0 Å². The summed E-state index contributed by atoms with van der Waals surface area (Å²) in [7, 11) is 0. The average molecular weight is 321 g/mol. The number of carbonyl (C=O) groups is 2. The van der Waals surface area contributed by atoms with Crippen molar-refractivity contribution in [3.8, 4) is 0 Å². The molecule has 2 rings (SSSR count). The quantitative estimate of drug-likeness (QED) is 0.909. The number of halogens is 4. The molecule has 1 aliphatic heterocycles. The highest BCUT2D eigenvalue weighted by atomic mass is 35.5. The number of benzene rings is 1. The number of nitrogens with one attached hydrogen (secondary N) is 1. The number of hydrogen-bond acceptors (Lipinski definition) is 2. The summed E-state index contributed by atoms with van der Waals surface area (Å²) in [4.78, 5) is 24.4. The van der Waals surface area contributed by atoms with Gasteiger partial charge in [-0.3, -0.25) is 9.59 Å². The Labute approximate surface area is 123 Å². The second-order valence-corrected chi connectivity index (χ2v) is 5.26. The van der Waals surface area contributed by atoms with Gasteiger partial charge in [-0.2, -0.15) is 13.2 Å². The highest BCUT2D eigenvalue weighted by Gasteiger charge is 2.33. The first kappa shape index (κ1) is 15.6. The van der Waals surface area contributed by atoms with Crippen molar-refractivity contribution in [3.05, 3.63) is 34.3 Å². The van der Waals surface area contributed by atoms with Gasteiger partial charge >= 0.3 is 6.18 Å². The predicted molar refractivity (Wildman–Crippen MR) is 70.0 cm³/mol. The summed E-state index contributed by atoms with van der Waals surface area (Å²) in [6.45, 7) is 2.12. The number of alkyl halides is 3. The highest BCUT2D eigenvalue weighted by molar-refractivity contribution is 6.31. The molecule has 8 heteroatoms. The molecule has 0 atom stereocenters. The maximum Gasteiger partial charge on any atom is 0.416 e. The van der Waals surface area contributed by atoms with Gasteiger partial charge in [-0.1, -0.05) is 11.6 Å². The van der Waals surface area contributed by atoms with Crippen LogP contribution < -0.4 is 5.32 Å². The number of amides is 2. The molecule has 0 aliphatic carbocycles. The smallest absolute Gasteiger partial charge is 0.346 e. The number of likely N-dealkylation sites (tertiary alicyclic amines) is 1. The summed E-state index contributed by atoms with van der Waals surface area (Å²) < 4.78 is 38.0. The van der Waals surface area contributed by atoms with E-state index in [2.05, 4.69) is 5.32 Å². The van der Waals surface area contributed by atoms with Crippen molar-refractivity contribution in [3.63, 3.8) is 0 Å². The Balaban J connectivity index is 2.07. The fourth-order valence-corrected chi connectivity index (χ4v) is 2.22. The van der Waals surface area contributed by atoms with Crippen LogP contribution in [0.5, 0.6) is 0 Å². The number of rotatable bonds is 2. The van der Waals surface area contributed by atoms with Gasteiger partial charge in [-0.15, -0.1) is 0 Å². The molecule has 1 fully saturated rings. The maximum atomic E-state index is 12.7. The van der Waals surface area contributed by atoms with Crippen LogP contribution in [0, 0.1) is 0 Å². The third kappa shape index (κ3) is 3.66. The predicted octanol–water partition coefficient (Wildman–Crippen LogP) is 2.32. The summed E-state index contributed by atoms with van der Waals surface area (Å²) in [5.41, 5.74) is -1.13. The van der Waals surface area contributed by atoms with Crippen molar-refractivity contribution >= 4 is 23.4 Å². The van der Waals surface area contributed by atoms with Crippen molar-refractivity contribution in [2.24, 2.45) is 0 Å². The van der Waals surface area contributed by atoms with Gasteiger partial charge in [0.25, 0.3) is 5.91 Å². The molecular formula is C13H12ClF3N2O2. The normalized spacial score (nSPS) is 15.6. The SMILES string of the molecule is CC(=O)N1CC(NC(=O)c2cc(Cl)cc(C(F)(F)F)c2)C1. The zero-order valence-corrected chi connectivity index (χ0v) is 11.8. The summed E-state index contributed by atoms with van der Waals surface area (Å²) in [5.74, 6) is -0.751. The molecule has 114 valence electrons. The minimum Gasteiger partial charge on any atom is -0.346 e.